The predicted molar refractivity (Wildman–Crippen MR) is 120 cm³/mol. The van der Waals surface area contributed by atoms with Crippen molar-refractivity contribution in [3.8, 4) is 0 Å². The van der Waals surface area contributed by atoms with E-state index in [1.54, 1.807) is 26.0 Å². The van der Waals surface area contributed by atoms with Crippen molar-refractivity contribution in [3.05, 3.63) is 47.5 Å². The lowest BCUT2D eigenvalue weighted by atomic mass is 9.71. The third-order valence-electron chi connectivity index (χ3n) is 6.23. The van der Waals surface area contributed by atoms with Gasteiger partial charge in [-0.25, -0.2) is 4.39 Å². The first-order valence-corrected chi connectivity index (χ1v) is 13.8. The number of benzene rings is 1. The fourth-order valence-corrected chi connectivity index (χ4v) is 4.66. The van der Waals surface area contributed by atoms with Crippen LogP contribution in [0, 0.1) is 17.7 Å². The largest absolute Gasteiger partial charge is 0.546 e. The molecular weight excluding hydrogens is 415 g/mol. The highest BCUT2D eigenvalue weighted by Crippen LogP contribution is 2.47. The molecule has 0 unspecified atom stereocenters. The minimum Gasteiger partial charge on any atom is -0.546 e. The second-order valence-electron chi connectivity index (χ2n) is 9.37. The molecule has 0 N–H and O–H groups in total. The monoisotopic (exact) mass is 450 g/mol. The molecular formula is C24H35FO5Si. The minimum absolute atomic E-state index is 0.0569. The standard InChI is InChI=1S/C24H35FO5Si/c1-8-28-22(26)18-14-15-19(30-31(6,7)24(3,4)5)20(21(18)23(27)29-9-2)16-10-12-17(25)13-11-16/h10-13,15,18,20-21H,8-9,14H2,1-7H3/t18-,20-,21+/m0/s1. The summed E-state index contributed by atoms with van der Waals surface area (Å²) in [4.78, 5) is 25.8. The Labute approximate surface area is 186 Å². The number of esters is 2. The molecule has 0 bridgehead atoms. The first-order valence-electron chi connectivity index (χ1n) is 10.9. The molecule has 31 heavy (non-hydrogen) atoms. The maximum absolute atomic E-state index is 13.7. The number of carbonyl (C=O) groups excluding carboxylic acids is 2. The SMILES string of the molecule is CCOC(=O)[C@@H]1[C@@H](C(=O)OCC)CC=C(O[Si](C)(C)C(C)(C)C)[C@@H]1c1ccc(F)cc1. The van der Waals surface area contributed by atoms with Gasteiger partial charge in [0.2, 0.25) is 8.32 Å². The van der Waals surface area contributed by atoms with Gasteiger partial charge in [0.25, 0.3) is 0 Å². The van der Waals surface area contributed by atoms with Crippen LogP contribution in [0.3, 0.4) is 0 Å². The molecule has 172 valence electrons. The highest BCUT2D eigenvalue weighted by Gasteiger charge is 2.49. The Kier molecular flexibility index (Phi) is 8.08. The smallest absolute Gasteiger partial charge is 0.310 e. The summed E-state index contributed by atoms with van der Waals surface area (Å²) < 4.78 is 30.9. The van der Waals surface area contributed by atoms with Crippen molar-refractivity contribution in [3.63, 3.8) is 0 Å². The lowest BCUT2D eigenvalue weighted by Crippen LogP contribution is -2.45. The second kappa shape index (κ2) is 9.98. The van der Waals surface area contributed by atoms with E-state index in [9.17, 15) is 14.0 Å². The molecule has 0 radical (unpaired) electrons. The van der Waals surface area contributed by atoms with Crippen LogP contribution >= 0.6 is 0 Å². The highest BCUT2D eigenvalue weighted by molar-refractivity contribution is 6.74. The number of halogens is 1. The number of allylic oxidation sites excluding steroid dienone is 2. The van der Waals surface area contributed by atoms with Crippen LogP contribution in [-0.4, -0.2) is 33.5 Å². The van der Waals surface area contributed by atoms with Crippen molar-refractivity contribution in [2.24, 2.45) is 11.8 Å². The predicted octanol–water partition coefficient (Wildman–Crippen LogP) is 5.58. The summed E-state index contributed by atoms with van der Waals surface area (Å²) >= 11 is 0. The summed E-state index contributed by atoms with van der Waals surface area (Å²) in [6, 6.07) is 6.00. The molecule has 1 aliphatic rings. The molecule has 1 aromatic rings. The summed E-state index contributed by atoms with van der Waals surface area (Å²) in [5.74, 6) is -2.69. The van der Waals surface area contributed by atoms with Gasteiger partial charge in [0.15, 0.2) is 0 Å². The van der Waals surface area contributed by atoms with Crippen molar-refractivity contribution in [1.29, 1.82) is 0 Å². The van der Waals surface area contributed by atoms with E-state index in [1.807, 2.05) is 6.08 Å². The average molecular weight is 451 g/mol. The Balaban J connectivity index is 2.60. The summed E-state index contributed by atoms with van der Waals surface area (Å²) in [5, 5.41) is -0.0569. The number of ether oxygens (including phenoxy) is 2. The topological polar surface area (TPSA) is 61.8 Å². The van der Waals surface area contributed by atoms with Gasteiger partial charge in [-0.15, -0.1) is 0 Å². The van der Waals surface area contributed by atoms with Gasteiger partial charge in [0.05, 0.1) is 36.7 Å². The zero-order chi connectivity index (χ0) is 23.4. The summed E-state index contributed by atoms with van der Waals surface area (Å²) in [7, 11) is -2.24. The van der Waals surface area contributed by atoms with Gasteiger partial charge in [-0.05, 0) is 62.2 Å². The van der Waals surface area contributed by atoms with Gasteiger partial charge in [-0.1, -0.05) is 32.9 Å². The fraction of sp³-hybridized carbons (Fsp3) is 0.583. The molecule has 0 saturated carbocycles. The van der Waals surface area contributed by atoms with Gasteiger partial charge in [-0.2, -0.15) is 0 Å². The van der Waals surface area contributed by atoms with E-state index in [0.29, 0.717) is 17.7 Å². The Bertz CT molecular complexity index is 810. The third kappa shape index (κ3) is 5.76. The molecule has 2 rings (SSSR count). The molecule has 0 fully saturated rings. The molecule has 0 spiro atoms. The van der Waals surface area contributed by atoms with E-state index in [1.165, 1.54) is 12.1 Å². The molecule has 0 saturated heterocycles. The Morgan fingerprint density at radius 2 is 1.58 bits per heavy atom. The molecule has 0 amide bonds. The maximum Gasteiger partial charge on any atom is 0.310 e. The van der Waals surface area contributed by atoms with E-state index in [-0.39, 0.29) is 24.1 Å². The Hall–Kier alpha value is -2.15. The van der Waals surface area contributed by atoms with Gasteiger partial charge in [-0.3, -0.25) is 9.59 Å². The van der Waals surface area contributed by atoms with E-state index in [2.05, 4.69) is 33.9 Å². The lowest BCUT2D eigenvalue weighted by Gasteiger charge is -2.42. The quantitative estimate of drug-likeness (QED) is 0.401. The summed E-state index contributed by atoms with van der Waals surface area (Å²) in [5.41, 5.74) is 0.707. The van der Waals surface area contributed by atoms with Crippen molar-refractivity contribution < 1.29 is 27.9 Å². The molecule has 5 nitrogen and oxygen atoms in total. The molecule has 7 heteroatoms. The van der Waals surface area contributed by atoms with Crippen molar-refractivity contribution in [2.45, 2.75) is 65.1 Å². The van der Waals surface area contributed by atoms with Crippen LogP contribution in [0.5, 0.6) is 0 Å². The van der Waals surface area contributed by atoms with Crippen LogP contribution in [0.1, 0.15) is 52.5 Å². The van der Waals surface area contributed by atoms with Crippen LogP contribution in [0.4, 0.5) is 4.39 Å². The molecule has 1 aromatic carbocycles. The Morgan fingerprint density at radius 1 is 1.03 bits per heavy atom. The van der Waals surface area contributed by atoms with Crippen LogP contribution in [0.25, 0.3) is 0 Å². The van der Waals surface area contributed by atoms with E-state index in [4.69, 9.17) is 13.9 Å². The number of hydrogen-bond acceptors (Lipinski definition) is 5. The zero-order valence-corrected chi connectivity index (χ0v) is 20.7. The number of carbonyl (C=O) groups is 2. The van der Waals surface area contributed by atoms with Crippen molar-refractivity contribution in [1.82, 2.24) is 0 Å². The summed E-state index contributed by atoms with van der Waals surface area (Å²) in [6.45, 7) is 14.6. The molecule has 0 aromatic heterocycles. The minimum atomic E-state index is -2.24. The molecule has 0 aliphatic heterocycles. The van der Waals surface area contributed by atoms with Crippen LogP contribution in [0.2, 0.25) is 18.1 Å². The highest BCUT2D eigenvalue weighted by atomic mass is 28.4. The Morgan fingerprint density at radius 3 is 2.10 bits per heavy atom. The van der Waals surface area contributed by atoms with Gasteiger partial charge in [0.1, 0.15) is 5.82 Å². The normalized spacial score (nSPS) is 21.8. The van der Waals surface area contributed by atoms with E-state index >= 15 is 0 Å². The first kappa shape index (κ1) is 25.1. The maximum atomic E-state index is 13.7. The van der Waals surface area contributed by atoms with Crippen LogP contribution in [-0.2, 0) is 23.5 Å². The molecule has 3 atom stereocenters. The number of rotatable bonds is 7. The number of hydrogen-bond donors (Lipinski definition) is 0. The first-order chi connectivity index (χ1) is 14.4. The fourth-order valence-electron chi connectivity index (χ4n) is 3.55. The van der Waals surface area contributed by atoms with Gasteiger partial charge < -0.3 is 13.9 Å². The lowest BCUT2D eigenvalue weighted by molar-refractivity contribution is -0.161. The van der Waals surface area contributed by atoms with E-state index < -0.39 is 38.0 Å². The zero-order valence-electron chi connectivity index (χ0n) is 19.7. The second-order valence-corrected chi connectivity index (χ2v) is 14.1. The summed E-state index contributed by atoms with van der Waals surface area (Å²) in [6.07, 6.45) is 2.22. The van der Waals surface area contributed by atoms with Gasteiger partial charge >= 0.3 is 11.9 Å². The van der Waals surface area contributed by atoms with E-state index in [0.717, 1.165) is 0 Å². The van der Waals surface area contributed by atoms with Gasteiger partial charge in [0, 0.05) is 0 Å². The van der Waals surface area contributed by atoms with Crippen LogP contribution < -0.4 is 0 Å². The van der Waals surface area contributed by atoms with Crippen molar-refractivity contribution >= 4 is 20.3 Å². The van der Waals surface area contributed by atoms with Crippen molar-refractivity contribution in [2.75, 3.05) is 13.2 Å². The van der Waals surface area contributed by atoms with Crippen LogP contribution in [0.15, 0.2) is 36.1 Å². The molecule has 0 heterocycles. The third-order valence-corrected chi connectivity index (χ3v) is 10.6. The average Bonchev–Trinajstić information content (AvgIpc) is 2.67. The molecule has 1 aliphatic carbocycles.